The summed E-state index contributed by atoms with van der Waals surface area (Å²) < 4.78 is 33.1. The van der Waals surface area contributed by atoms with E-state index in [2.05, 4.69) is 18.0 Å². The standard InChI is InChI=1S/C28H28N2O5S/c1-2-18-30(23-13-4-3-5-14-23)36(33,34)24-15-8-12-22(19-24)28(32)35-20-27(31)29-26-17-9-11-21-10-6-7-16-25(21)26/h2-8,10,12-16,19,26H,1,9,11,17-18,20H2,(H,29,31). The molecule has 0 saturated carbocycles. The second-order valence-corrected chi connectivity index (χ2v) is 10.3. The number of esters is 1. The number of nitrogens with one attached hydrogen (secondary N) is 1. The summed E-state index contributed by atoms with van der Waals surface area (Å²) in [7, 11) is -3.98. The monoisotopic (exact) mass is 504 g/mol. The van der Waals surface area contributed by atoms with Crippen molar-refractivity contribution in [3.05, 3.63) is 108 Å². The minimum Gasteiger partial charge on any atom is -0.452 e. The number of para-hydroxylation sites is 1. The fourth-order valence-electron chi connectivity index (χ4n) is 4.32. The maximum Gasteiger partial charge on any atom is 0.338 e. The van der Waals surface area contributed by atoms with E-state index in [0.717, 1.165) is 24.8 Å². The van der Waals surface area contributed by atoms with Gasteiger partial charge in [0.15, 0.2) is 6.61 Å². The van der Waals surface area contributed by atoms with Gasteiger partial charge >= 0.3 is 5.97 Å². The van der Waals surface area contributed by atoms with E-state index >= 15 is 0 Å². The molecule has 0 radical (unpaired) electrons. The van der Waals surface area contributed by atoms with Crippen molar-refractivity contribution in [2.75, 3.05) is 17.5 Å². The quantitative estimate of drug-likeness (QED) is 0.344. The van der Waals surface area contributed by atoms with Gasteiger partial charge in [-0.05, 0) is 60.7 Å². The van der Waals surface area contributed by atoms with Gasteiger partial charge in [0.2, 0.25) is 0 Å². The summed E-state index contributed by atoms with van der Waals surface area (Å²) in [4.78, 5) is 25.1. The Hall–Kier alpha value is -3.91. The molecule has 8 heteroatoms. The minimum absolute atomic E-state index is 0.0403. The Morgan fingerprint density at radius 3 is 2.56 bits per heavy atom. The summed E-state index contributed by atoms with van der Waals surface area (Å²) in [6.45, 7) is 3.26. The van der Waals surface area contributed by atoms with Gasteiger partial charge in [-0.3, -0.25) is 9.10 Å². The number of ether oxygens (including phenoxy) is 1. The van der Waals surface area contributed by atoms with E-state index in [4.69, 9.17) is 4.74 Å². The van der Waals surface area contributed by atoms with Gasteiger partial charge in [0, 0.05) is 0 Å². The minimum atomic E-state index is -3.98. The van der Waals surface area contributed by atoms with Crippen LogP contribution in [-0.2, 0) is 26.0 Å². The molecule has 1 aliphatic carbocycles. The number of nitrogens with zero attached hydrogens (tertiary/aromatic N) is 1. The number of anilines is 1. The third-order valence-corrected chi connectivity index (χ3v) is 7.83. The van der Waals surface area contributed by atoms with Crippen molar-refractivity contribution in [1.82, 2.24) is 5.32 Å². The Morgan fingerprint density at radius 1 is 1.03 bits per heavy atom. The van der Waals surface area contributed by atoms with Crippen LogP contribution in [0.2, 0.25) is 0 Å². The van der Waals surface area contributed by atoms with Crippen LogP contribution in [0.4, 0.5) is 5.69 Å². The number of carbonyl (C=O) groups excluding carboxylic acids is 2. The smallest absolute Gasteiger partial charge is 0.338 e. The molecule has 0 spiro atoms. The molecule has 3 aromatic rings. The SMILES string of the molecule is C=CCN(c1ccccc1)S(=O)(=O)c1cccc(C(=O)OCC(=O)NC2CCCc3ccccc32)c1. The van der Waals surface area contributed by atoms with E-state index in [0.29, 0.717) is 5.69 Å². The number of hydrogen-bond donors (Lipinski definition) is 1. The van der Waals surface area contributed by atoms with Gasteiger partial charge < -0.3 is 10.1 Å². The zero-order valence-electron chi connectivity index (χ0n) is 19.8. The molecular formula is C28H28N2O5S. The van der Waals surface area contributed by atoms with Crippen molar-refractivity contribution < 1.29 is 22.7 Å². The summed E-state index contributed by atoms with van der Waals surface area (Å²) in [6, 6.07) is 22.1. The van der Waals surface area contributed by atoms with Gasteiger partial charge in [-0.15, -0.1) is 6.58 Å². The predicted molar refractivity (Wildman–Crippen MR) is 138 cm³/mol. The van der Waals surface area contributed by atoms with Gasteiger partial charge in [0.25, 0.3) is 15.9 Å². The lowest BCUT2D eigenvalue weighted by atomic mass is 9.88. The summed E-state index contributed by atoms with van der Waals surface area (Å²) in [6.07, 6.45) is 4.26. The van der Waals surface area contributed by atoms with Crippen molar-refractivity contribution in [3.8, 4) is 0 Å². The topological polar surface area (TPSA) is 92.8 Å². The fourth-order valence-corrected chi connectivity index (χ4v) is 5.80. The van der Waals surface area contributed by atoms with E-state index in [9.17, 15) is 18.0 Å². The molecule has 0 aromatic heterocycles. The number of sulfonamides is 1. The number of fused-ring (bicyclic) bond motifs is 1. The number of carbonyl (C=O) groups is 2. The highest BCUT2D eigenvalue weighted by atomic mass is 32.2. The first-order valence-corrected chi connectivity index (χ1v) is 13.2. The van der Waals surface area contributed by atoms with Crippen LogP contribution in [-0.4, -0.2) is 33.4 Å². The second-order valence-electron chi connectivity index (χ2n) is 8.48. The number of benzene rings is 3. The summed E-state index contributed by atoms with van der Waals surface area (Å²) >= 11 is 0. The molecule has 0 heterocycles. The number of rotatable bonds is 9. The molecule has 1 amide bonds. The fraction of sp³-hybridized carbons (Fsp3) is 0.214. The van der Waals surface area contributed by atoms with E-state index < -0.39 is 28.5 Å². The summed E-state index contributed by atoms with van der Waals surface area (Å²) in [5, 5.41) is 2.94. The highest BCUT2D eigenvalue weighted by Crippen LogP contribution is 2.29. The molecule has 0 bridgehead atoms. The lowest BCUT2D eigenvalue weighted by Crippen LogP contribution is -2.34. The summed E-state index contributed by atoms with van der Waals surface area (Å²) in [5.41, 5.74) is 2.82. The van der Waals surface area contributed by atoms with Crippen LogP contribution < -0.4 is 9.62 Å². The van der Waals surface area contributed by atoms with Crippen LogP contribution in [0.1, 0.15) is 40.4 Å². The predicted octanol–water partition coefficient (Wildman–Crippen LogP) is 4.42. The van der Waals surface area contributed by atoms with E-state index in [-0.39, 0.29) is 23.0 Å². The highest BCUT2D eigenvalue weighted by molar-refractivity contribution is 7.92. The zero-order chi connectivity index (χ0) is 25.5. The first kappa shape index (κ1) is 25.2. The highest BCUT2D eigenvalue weighted by Gasteiger charge is 2.26. The molecule has 4 rings (SSSR count). The lowest BCUT2D eigenvalue weighted by molar-refractivity contribution is -0.125. The molecule has 1 aliphatic rings. The molecule has 1 N–H and O–H groups in total. The van der Waals surface area contributed by atoms with Gasteiger partial charge in [-0.1, -0.05) is 54.6 Å². The maximum atomic E-state index is 13.3. The van der Waals surface area contributed by atoms with Crippen LogP contribution in [0.25, 0.3) is 0 Å². The third-order valence-electron chi connectivity index (χ3n) is 6.04. The van der Waals surface area contributed by atoms with Crippen LogP contribution in [0.5, 0.6) is 0 Å². The molecule has 0 saturated heterocycles. The molecule has 0 fully saturated rings. The van der Waals surface area contributed by atoms with Crippen LogP contribution in [0, 0.1) is 0 Å². The number of hydrogen-bond acceptors (Lipinski definition) is 5. The van der Waals surface area contributed by atoms with Gasteiger partial charge in [-0.25, -0.2) is 13.2 Å². The summed E-state index contributed by atoms with van der Waals surface area (Å²) in [5.74, 6) is -1.18. The van der Waals surface area contributed by atoms with Crippen molar-refractivity contribution in [2.24, 2.45) is 0 Å². The molecule has 0 aliphatic heterocycles. The number of aryl methyl sites for hydroxylation is 1. The van der Waals surface area contributed by atoms with E-state index in [1.165, 1.54) is 40.2 Å². The average Bonchev–Trinajstić information content (AvgIpc) is 2.91. The Balaban J connectivity index is 1.43. The largest absolute Gasteiger partial charge is 0.452 e. The Kier molecular flexibility index (Phi) is 7.85. The van der Waals surface area contributed by atoms with E-state index in [1.807, 2.05) is 18.2 Å². The number of amides is 1. The van der Waals surface area contributed by atoms with Gasteiger partial charge in [-0.2, -0.15) is 0 Å². The Bertz CT molecular complexity index is 1360. The lowest BCUT2D eigenvalue weighted by Gasteiger charge is -2.26. The zero-order valence-corrected chi connectivity index (χ0v) is 20.6. The van der Waals surface area contributed by atoms with Gasteiger partial charge in [0.05, 0.1) is 28.7 Å². The maximum absolute atomic E-state index is 13.3. The molecular weight excluding hydrogens is 476 g/mol. The normalized spacial score (nSPS) is 14.8. The van der Waals surface area contributed by atoms with Crippen LogP contribution >= 0.6 is 0 Å². The van der Waals surface area contributed by atoms with Crippen LogP contribution in [0.3, 0.4) is 0 Å². The van der Waals surface area contributed by atoms with Gasteiger partial charge in [0.1, 0.15) is 0 Å². The molecule has 186 valence electrons. The molecule has 1 atom stereocenters. The Labute approximate surface area is 211 Å². The average molecular weight is 505 g/mol. The van der Waals surface area contributed by atoms with Crippen molar-refractivity contribution in [1.29, 1.82) is 0 Å². The molecule has 7 nitrogen and oxygen atoms in total. The van der Waals surface area contributed by atoms with Crippen LogP contribution in [0.15, 0.2) is 96.4 Å². The second kappa shape index (κ2) is 11.2. The van der Waals surface area contributed by atoms with Crippen molar-refractivity contribution in [2.45, 2.75) is 30.2 Å². The van der Waals surface area contributed by atoms with E-state index in [1.54, 1.807) is 30.3 Å². The Morgan fingerprint density at radius 2 is 1.78 bits per heavy atom. The molecule has 36 heavy (non-hydrogen) atoms. The van der Waals surface area contributed by atoms with Crippen molar-refractivity contribution >= 4 is 27.6 Å². The first-order valence-electron chi connectivity index (χ1n) is 11.7. The molecule has 3 aromatic carbocycles. The molecule has 1 unspecified atom stereocenters. The van der Waals surface area contributed by atoms with Crippen molar-refractivity contribution in [3.63, 3.8) is 0 Å². The first-order chi connectivity index (χ1) is 17.4. The third kappa shape index (κ3) is 5.66.